The zero-order valence-electron chi connectivity index (χ0n) is 19.1. The van der Waals surface area contributed by atoms with E-state index in [2.05, 4.69) is 50.1 Å². The summed E-state index contributed by atoms with van der Waals surface area (Å²) in [6.45, 7) is 8.59. The Kier molecular flexibility index (Phi) is 10.2. The highest BCUT2D eigenvalue weighted by Gasteiger charge is 2.23. The van der Waals surface area contributed by atoms with Crippen molar-refractivity contribution in [1.82, 2.24) is 30.3 Å². The number of nitrogens with one attached hydrogen (secondary N) is 2. The van der Waals surface area contributed by atoms with Crippen molar-refractivity contribution in [2.24, 2.45) is 10.9 Å². The van der Waals surface area contributed by atoms with Crippen LogP contribution < -0.4 is 10.6 Å². The van der Waals surface area contributed by atoms with Crippen molar-refractivity contribution in [2.75, 3.05) is 33.3 Å². The molecule has 0 bridgehead atoms. The molecule has 2 aromatic rings. The Labute approximate surface area is 212 Å². The molecule has 1 atom stereocenters. The number of rotatable bonds is 8. The van der Waals surface area contributed by atoms with Gasteiger partial charge in [-0.15, -0.1) is 35.3 Å². The quantitative estimate of drug-likeness (QED) is 0.288. The highest BCUT2D eigenvalue weighted by molar-refractivity contribution is 14.0. The molecule has 178 valence electrons. The number of aromatic nitrogens is 3. The Balaban J connectivity index is 0.00000289. The monoisotopic (exact) mass is 573 g/mol. The standard InChI is InChI=1S/C22H35N7OS.HI/c1-3-23-22(25-18-6-7-21-26-20(16-30-2)27-29(21)14-18)24-13-17-8-10-28(11-9-17)15-19-5-4-12-31-19;/h4-5,12,17-18H,3,6-11,13-16H2,1-2H3,(H2,23,24,25);1H. The van der Waals surface area contributed by atoms with Crippen LogP contribution in [0, 0.1) is 5.92 Å². The van der Waals surface area contributed by atoms with Gasteiger partial charge in [-0.2, -0.15) is 5.10 Å². The number of aliphatic imine (C=N–C) groups is 1. The summed E-state index contributed by atoms with van der Waals surface area (Å²) < 4.78 is 7.18. The fourth-order valence-corrected chi connectivity index (χ4v) is 5.10. The molecule has 0 aromatic carbocycles. The number of ether oxygens (including phenoxy) is 1. The normalized spacial score (nSPS) is 19.9. The average molecular weight is 574 g/mol. The first-order valence-corrected chi connectivity index (χ1v) is 12.3. The summed E-state index contributed by atoms with van der Waals surface area (Å²) in [5.74, 6) is 3.42. The maximum absolute atomic E-state index is 5.17. The van der Waals surface area contributed by atoms with E-state index in [1.165, 1.54) is 30.8 Å². The lowest BCUT2D eigenvalue weighted by atomic mass is 9.97. The fourth-order valence-electron chi connectivity index (χ4n) is 4.35. The molecule has 2 aromatic heterocycles. The summed E-state index contributed by atoms with van der Waals surface area (Å²) in [4.78, 5) is 13.5. The number of hydrogen-bond acceptors (Lipinski definition) is 6. The smallest absolute Gasteiger partial charge is 0.191 e. The SMILES string of the molecule is CCNC(=NCC1CCN(Cc2cccs2)CC1)NC1CCc2nc(COC)nn2C1.I. The fraction of sp³-hybridized carbons (Fsp3) is 0.682. The van der Waals surface area contributed by atoms with Crippen LogP contribution in [0.3, 0.4) is 0 Å². The lowest BCUT2D eigenvalue weighted by Gasteiger charge is -2.31. The van der Waals surface area contributed by atoms with E-state index in [1.807, 2.05) is 16.0 Å². The van der Waals surface area contributed by atoms with Gasteiger partial charge in [0.2, 0.25) is 0 Å². The van der Waals surface area contributed by atoms with Crippen LogP contribution in [-0.2, 0) is 30.9 Å². The topological polar surface area (TPSA) is 79.6 Å². The highest BCUT2D eigenvalue weighted by Crippen LogP contribution is 2.21. The van der Waals surface area contributed by atoms with E-state index in [0.717, 1.165) is 56.6 Å². The number of hydrogen-bond donors (Lipinski definition) is 2. The Morgan fingerprint density at radius 3 is 2.88 bits per heavy atom. The molecule has 0 saturated carbocycles. The van der Waals surface area contributed by atoms with Gasteiger partial charge in [0, 0.05) is 44.1 Å². The maximum Gasteiger partial charge on any atom is 0.191 e. The molecule has 4 heterocycles. The van der Waals surface area contributed by atoms with Crippen molar-refractivity contribution in [2.45, 2.75) is 58.3 Å². The summed E-state index contributed by atoms with van der Waals surface area (Å²) in [6.07, 6.45) is 4.41. The highest BCUT2D eigenvalue weighted by atomic mass is 127. The number of thiophene rings is 1. The molecule has 4 rings (SSSR count). The van der Waals surface area contributed by atoms with Crippen molar-refractivity contribution in [1.29, 1.82) is 0 Å². The second kappa shape index (κ2) is 12.9. The second-order valence-electron chi connectivity index (χ2n) is 8.46. The van der Waals surface area contributed by atoms with Crippen molar-refractivity contribution >= 4 is 41.3 Å². The number of methoxy groups -OCH3 is 1. The van der Waals surface area contributed by atoms with Gasteiger partial charge in [-0.25, -0.2) is 9.67 Å². The molecular formula is C22H36IN7OS. The van der Waals surface area contributed by atoms with Gasteiger partial charge < -0.3 is 15.4 Å². The zero-order chi connectivity index (χ0) is 21.5. The molecule has 10 heteroatoms. The summed E-state index contributed by atoms with van der Waals surface area (Å²) in [5, 5.41) is 13.8. The number of nitrogens with zero attached hydrogens (tertiary/aromatic N) is 5. The summed E-state index contributed by atoms with van der Waals surface area (Å²) in [7, 11) is 1.68. The molecule has 0 radical (unpaired) electrons. The Hall–Kier alpha value is -1.24. The molecule has 0 spiro atoms. The van der Waals surface area contributed by atoms with Crippen LogP contribution in [0.15, 0.2) is 22.5 Å². The molecule has 8 nitrogen and oxygen atoms in total. The van der Waals surface area contributed by atoms with Crippen molar-refractivity contribution in [3.63, 3.8) is 0 Å². The number of likely N-dealkylation sites (tertiary alicyclic amines) is 1. The van der Waals surface area contributed by atoms with E-state index in [0.29, 0.717) is 18.6 Å². The molecule has 0 aliphatic carbocycles. The predicted octanol–water partition coefficient (Wildman–Crippen LogP) is 2.89. The molecule has 2 aliphatic rings. The first-order valence-electron chi connectivity index (χ1n) is 11.4. The molecule has 1 fully saturated rings. The molecule has 2 N–H and O–H groups in total. The van der Waals surface area contributed by atoms with E-state index in [9.17, 15) is 0 Å². The van der Waals surface area contributed by atoms with E-state index in [-0.39, 0.29) is 24.0 Å². The van der Waals surface area contributed by atoms with Gasteiger partial charge in [-0.05, 0) is 56.6 Å². The van der Waals surface area contributed by atoms with Crippen LogP contribution in [0.4, 0.5) is 0 Å². The first-order chi connectivity index (χ1) is 15.2. The minimum absolute atomic E-state index is 0. The predicted molar refractivity (Wildman–Crippen MR) is 140 cm³/mol. The maximum atomic E-state index is 5.17. The van der Waals surface area contributed by atoms with Crippen molar-refractivity contribution in [3.8, 4) is 0 Å². The summed E-state index contributed by atoms with van der Waals surface area (Å²) >= 11 is 1.86. The Bertz CT molecular complexity index is 833. The molecule has 1 saturated heterocycles. The lowest BCUT2D eigenvalue weighted by molar-refractivity contribution is 0.177. The van der Waals surface area contributed by atoms with Crippen LogP contribution >= 0.6 is 35.3 Å². The Morgan fingerprint density at radius 2 is 2.16 bits per heavy atom. The van der Waals surface area contributed by atoms with E-state index in [1.54, 1.807) is 7.11 Å². The van der Waals surface area contributed by atoms with Gasteiger partial charge in [0.05, 0.1) is 6.54 Å². The minimum atomic E-state index is 0. The van der Waals surface area contributed by atoms with Crippen LogP contribution in [0.25, 0.3) is 0 Å². The third-order valence-corrected chi connectivity index (χ3v) is 6.90. The van der Waals surface area contributed by atoms with Gasteiger partial charge >= 0.3 is 0 Å². The van der Waals surface area contributed by atoms with Crippen molar-refractivity contribution < 1.29 is 4.74 Å². The molecule has 2 aliphatic heterocycles. The second-order valence-corrected chi connectivity index (χ2v) is 9.49. The number of guanidine groups is 1. The largest absolute Gasteiger partial charge is 0.377 e. The number of aryl methyl sites for hydroxylation is 1. The van der Waals surface area contributed by atoms with Crippen LogP contribution in [0.5, 0.6) is 0 Å². The number of piperidine rings is 1. The van der Waals surface area contributed by atoms with Crippen LogP contribution in [-0.4, -0.2) is 65.0 Å². The third-order valence-electron chi connectivity index (χ3n) is 6.03. The minimum Gasteiger partial charge on any atom is -0.377 e. The molecular weight excluding hydrogens is 537 g/mol. The molecule has 0 amide bonds. The van der Waals surface area contributed by atoms with E-state index in [4.69, 9.17) is 9.73 Å². The van der Waals surface area contributed by atoms with Gasteiger partial charge in [0.25, 0.3) is 0 Å². The third kappa shape index (κ3) is 7.13. The van der Waals surface area contributed by atoms with Crippen LogP contribution in [0.2, 0.25) is 0 Å². The Morgan fingerprint density at radius 1 is 1.31 bits per heavy atom. The summed E-state index contributed by atoms with van der Waals surface area (Å²) in [5.41, 5.74) is 0. The lowest BCUT2D eigenvalue weighted by Crippen LogP contribution is -2.47. The first kappa shape index (κ1) is 25.4. The van der Waals surface area contributed by atoms with Gasteiger partial charge in [-0.1, -0.05) is 6.07 Å². The zero-order valence-corrected chi connectivity index (χ0v) is 22.3. The van der Waals surface area contributed by atoms with Crippen LogP contribution in [0.1, 0.15) is 42.7 Å². The van der Waals surface area contributed by atoms with E-state index >= 15 is 0 Å². The molecule has 32 heavy (non-hydrogen) atoms. The van der Waals surface area contributed by atoms with Gasteiger partial charge in [-0.3, -0.25) is 9.89 Å². The average Bonchev–Trinajstić information content (AvgIpc) is 3.42. The number of halogens is 1. The van der Waals surface area contributed by atoms with E-state index < -0.39 is 0 Å². The number of fused-ring (bicyclic) bond motifs is 1. The van der Waals surface area contributed by atoms with Gasteiger partial charge in [0.1, 0.15) is 12.4 Å². The summed E-state index contributed by atoms with van der Waals surface area (Å²) in [6, 6.07) is 4.70. The molecule has 1 unspecified atom stereocenters. The van der Waals surface area contributed by atoms with Gasteiger partial charge in [0.15, 0.2) is 11.8 Å². The van der Waals surface area contributed by atoms with Crippen molar-refractivity contribution in [3.05, 3.63) is 34.0 Å².